The van der Waals surface area contributed by atoms with E-state index in [2.05, 4.69) is 15.0 Å². The molecule has 0 spiro atoms. The maximum atomic E-state index is 12.3. The van der Waals surface area contributed by atoms with Crippen molar-refractivity contribution in [2.45, 2.75) is 51.6 Å². The molecule has 1 unspecified atom stereocenters. The second-order valence-corrected chi connectivity index (χ2v) is 7.54. The Morgan fingerprint density at radius 3 is 2.85 bits per heavy atom. The lowest BCUT2D eigenvalue weighted by Gasteiger charge is -2.35. The normalized spacial score (nSPS) is 18.2. The number of fused-ring (bicyclic) bond motifs is 1. The summed E-state index contributed by atoms with van der Waals surface area (Å²) >= 11 is 0. The highest BCUT2D eigenvalue weighted by Gasteiger charge is 2.23. The van der Waals surface area contributed by atoms with Gasteiger partial charge in [0.05, 0.1) is 5.69 Å². The summed E-state index contributed by atoms with van der Waals surface area (Å²) in [5, 5.41) is 12.5. The third kappa shape index (κ3) is 4.06. The Bertz CT molecular complexity index is 974. The fourth-order valence-electron chi connectivity index (χ4n) is 4.04. The van der Waals surface area contributed by atoms with Crippen molar-refractivity contribution in [1.82, 2.24) is 19.5 Å². The van der Waals surface area contributed by atoms with Crippen LogP contribution < -0.4 is 5.56 Å². The van der Waals surface area contributed by atoms with Gasteiger partial charge in [-0.15, -0.1) is 0 Å². The number of hydrogen-bond donors (Lipinski definition) is 2. The van der Waals surface area contributed by atoms with Gasteiger partial charge in [0.15, 0.2) is 5.65 Å². The Morgan fingerprint density at radius 2 is 2.04 bits per heavy atom. The molecule has 0 radical (unpaired) electrons. The molecule has 4 rings (SSSR count). The van der Waals surface area contributed by atoms with Crippen molar-refractivity contribution in [1.29, 1.82) is 0 Å². The lowest BCUT2D eigenvalue weighted by molar-refractivity contribution is 0.131. The molecule has 142 valence electrons. The van der Waals surface area contributed by atoms with Crippen LogP contribution in [0, 0.1) is 6.92 Å². The van der Waals surface area contributed by atoms with Crippen LogP contribution in [0.3, 0.4) is 0 Å². The molecule has 3 heterocycles. The Kier molecular flexibility index (Phi) is 4.99. The van der Waals surface area contributed by atoms with Crippen LogP contribution in [-0.4, -0.2) is 37.2 Å². The van der Waals surface area contributed by atoms with Gasteiger partial charge < -0.3 is 5.11 Å². The number of aromatic amines is 1. The second kappa shape index (κ2) is 7.56. The topological polar surface area (TPSA) is 73.6 Å². The number of aromatic hydroxyl groups is 1. The number of aromatic nitrogens is 3. The number of rotatable bonds is 5. The van der Waals surface area contributed by atoms with Gasteiger partial charge in [0.25, 0.3) is 5.56 Å². The lowest BCUT2D eigenvalue weighted by atomic mass is 9.95. The molecule has 6 heteroatoms. The SMILES string of the molecule is Cc1cc2nc(CN3CCCCC3CCc3ccc(O)cc3)cc(=O)n2[nH]1. The summed E-state index contributed by atoms with van der Waals surface area (Å²) in [5.74, 6) is 0.311. The van der Waals surface area contributed by atoms with Gasteiger partial charge in [-0.05, 0) is 56.8 Å². The fourth-order valence-corrected chi connectivity index (χ4v) is 4.04. The summed E-state index contributed by atoms with van der Waals surface area (Å²) < 4.78 is 1.50. The molecule has 1 atom stereocenters. The smallest absolute Gasteiger partial charge is 0.272 e. The number of H-pyrrole nitrogens is 1. The molecule has 2 N–H and O–H groups in total. The van der Waals surface area contributed by atoms with E-state index in [0.29, 0.717) is 17.4 Å². The molecule has 0 amide bonds. The first-order valence-electron chi connectivity index (χ1n) is 9.69. The van der Waals surface area contributed by atoms with Crippen LogP contribution in [-0.2, 0) is 13.0 Å². The number of phenols is 1. The molecule has 27 heavy (non-hydrogen) atoms. The maximum absolute atomic E-state index is 12.3. The first kappa shape index (κ1) is 17.8. The molecule has 1 aromatic carbocycles. The largest absolute Gasteiger partial charge is 0.508 e. The van der Waals surface area contributed by atoms with Crippen molar-refractivity contribution >= 4 is 5.65 Å². The molecule has 1 aliphatic heterocycles. The highest BCUT2D eigenvalue weighted by Crippen LogP contribution is 2.23. The Balaban J connectivity index is 1.47. The zero-order chi connectivity index (χ0) is 18.8. The van der Waals surface area contributed by atoms with Crippen molar-refractivity contribution in [2.75, 3.05) is 6.54 Å². The van der Waals surface area contributed by atoms with Crippen molar-refractivity contribution in [3.63, 3.8) is 0 Å². The highest BCUT2D eigenvalue weighted by molar-refractivity contribution is 5.39. The third-order valence-corrected chi connectivity index (χ3v) is 5.45. The Morgan fingerprint density at radius 1 is 1.22 bits per heavy atom. The van der Waals surface area contributed by atoms with Gasteiger partial charge in [0.2, 0.25) is 0 Å². The summed E-state index contributed by atoms with van der Waals surface area (Å²) in [6.45, 7) is 3.70. The van der Waals surface area contributed by atoms with Crippen molar-refractivity contribution in [2.24, 2.45) is 0 Å². The lowest BCUT2D eigenvalue weighted by Crippen LogP contribution is -2.39. The van der Waals surface area contributed by atoms with Gasteiger partial charge in [-0.25, -0.2) is 9.50 Å². The number of aryl methyl sites for hydroxylation is 2. The molecular weight excluding hydrogens is 340 g/mol. The van der Waals surface area contributed by atoms with Gasteiger partial charge in [0, 0.05) is 30.4 Å². The van der Waals surface area contributed by atoms with E-state index in [1.165, 1.54) is 29.3 Å². The van der Waals surface area contributed by atoms with Crippen LogP contribution in [0.5, 0.6) is 5.75 Å². The zero-order valence-corrected chi connectivity index (χ0v) is 15.7. The van der Waals surface area contributed by atoms with Gasteiger partial charge in [-0.1, -0.05) is 18.6 Å². The first-order chi connectivity index (χ1) is 13.1. The minimum atomic E-state index is -0.0549. The molecule has 1 fully saturated rings. The summed E-state index contributed by atoms with van der Waals surface area (Å²) in [4.78, 5) is 19.5. The number of phenolic OH excluding ortho intramolecular Hbond substituents is 1. The minimum Gasteiger partial charge on any atom is -0.508 e. The molecule has 2 aromatic heterocycles. The molecule has 1 aliphatic rings. The minimum absolute atomic E-state index is 0.0549. The Hall–Kier alpha value is -2.60. The number of nitrogens with zero attached hydrogens (tertiary/aromatic N) is 3. The number of likely N-dealkylation sites (tertiary alicyclic amines) is 1. The molecule has 0 saturated carbocycles. The van der Waals surface area contributed by atoms with Gasteiger partial charge >= 0.3 is 0 Å². The zero-order valence-electron chi connectivity index (χ0n) is 15.7. The van der Waals surface area contributed by atoms with E-state index in [0.717, 1.165) is 37.3 Å². The number of piperidine rings is 1. The van der Waals surface area contributed by atoms with Crippen molar-refractivity contribution in [3.8, 4) is 5.75 Å². The Labute approximate surface area is 158 Å². The molecule has 3 aromatic rings. The first-order valence-corrected chi connectivity index (χ1v) is 9.69. The monoisotopic (exact) mass is 366 g/mol. The van der Waals surface area contributed by atoms with Crippen LogP contribution in [0.15, 0.2) is 41.2 Å². The molecular formula is C21H26N4O2. The van der Waals surface area contributed by atoms with Crippen LogP contribution in [0.25, 0.3) is 5.65 Å². The van der Waals surface area contributed by atoms with E-state index in [4.69, 9.17) is 0 Å². The van der Waals surface area contributed by atoms with E-state index in [1.807, 2.05) is 25.1 Å². The van der Waals surface area contributed by atoms with Gasteiger partial charge in [0.1, 0.15) is 5.75 Å². The van der Waals surface area contributed by atoms with Gasteiger partial charge in [-0.3, -0.25) is 14.8 Å². The fraction of sp³-hybridized carbons (Fsp3) is 0.429. The van der Waals surface area contributed by atoms with Crippen LogP contribution in [0.4, 0.5) is 0 Å². The second-order valence-electron chi connectivity index (χ2n) is 7.54. The van der Waals surface area contributed by atoms with E-state index < -0.39 is 0 Å². The molecule has 6 nitrogen and oxygen atoms in total. The molecule has 0 aliphatic carbocycles. The number of hydrogen-bond acceptors (Lipinski definition) is 4. The number of nitrogens with one attached hydrogen (secondary N) is 1. The third-order valence-electron chi connectivity index (χ3n) is 5.45. The average Bonchev–Trinajstić information content (AvgIpc) is 3.03. The van der Waals surface area contributed by atoms with Crippen molar-refractivity contribution in [3.05, 3.63) is 63.7 Å². The molecule has 0 bridgehead atoms. The summed E-state index contributed by atoms with van der Waals surface area (Å²) in [7, 11) is 0. The summed E-state index contributed by atoms with van der Waals surface area (Å²) in [6.07, 6.45) is 5.70. The summed E-state index contributed by atoms with van der Waals surface area (Å²) in [6, 6.07) is 11.5. The van der Waals surface area contributed by atoms with Crippen LogP contribution in [0.2, 0.25) is 0 Å². The van der Waals surface area contributed by atoms with Crippen LogP contribution in [0.1, 0.15) is 42.6 Å². The maximum Gasteiger partial charge on any atom is 0.272 e. The van der Waals surface area contributed by atoms with Gasteiger partial charge in [-0.2, -0.15) is 0 Å². The molecule has 1 saturated heterocycles. The number of benzene rings is 1. The van der Waals surface area contributed by atoms with E-state index >= 15 is 0 Å². The predicted molar refractivity (Wildman–Crippen MR) is 105 cm³/mol. The van der Waals surface area contributed by atoms with E-state index in [-0.39, 0.29) is 5.56 Å². The quantitative estimate of drug-likeness (QED) is 0.728. The van der Waals surface area contributed by atoms with E-state index in [1.54, 1.807) is 18.2 Å². The van der Waals surface area contributed by atoms with Crippen LogP contribution >= 0.6 is 0 Å². The standard InChI is InChI=1S/C21H26N4O2/c1-15-12-20-22-17(13-21(27)25(20)23-15)14-24-11-3-2-4-18(24)8-5-16-6-9-19(26)10-7-16/h6-7,9-10,12-13,18,23,26H,2-5,8,11,14H2,1H3. The predicted octanol–water partition coefficient (Wildman–Crippen LogP) is 3.02. The highest BCUT2D eigenvalue weighted by atomic mass is 16.3. The summed E-state index contributed by atoms with van der Waals surface area (Å²) in [5.41, 5.74) is 3.66. The van der Waals surface area contributed by atoms with Crippen molar-refractivity contribution < 1.29 is 5.11 Å². The average molecular weight is 366 g/mol. The van der Waals surface area contributed by atoms with E-state index in [9.17, 15) is 9.90 Å².